The van der Waals surface area contributed by atoms with E-state index in [0.717, 1.165) is 44.0 Å². The molecule has 2 N–H and O–H groups in total. The summed E-state index contributed by atoms with van der Waals surface area (Å²) in [6.45, 7) is 9.78. The van der Waals surface area contributed by atoms with E-state index in [9.17, 15) is 0 Å². The maximum Gasteiger partial charge on any atom is 0.414 e. The number of piperazine rings is 1. The van der Waals surface area contributed by atoms with E-state index in [2.05, 4.69) is 29.7 Å². The Labute approximate surface area is 165 Å². The van der Waals surface area contributed by atoms with Gasteiger partial charge in [0.25, 0.3) is 0 Å². The predicted octanol–water partition coefficient (Wildman–Crippen LogP) is 1.39. The maximum atomic E-state index is 9.10. The van der Waals surface area contributed by atoms with Crippen LogP contribution < -0.4 is 14.2 Å². The molecule has 28 heavy (non-hydrogen) atoms. The Morgan fingerprint density at radius 1 is 0.929 bits per heavy atom. The molecule has 0 unspecified atom stereocenters. The van der Waals surface area contributed by atoms with E-state index in [1.165, 1.54) is 0 Å². The van der Waals surface area contributed by atoms with Crippen molar-refractivity contribution < 1.29 is 34.0 Å². The summed E-state index contributed by atoms with van der Waals surface area (Å²) in [5, 5.41) is 14.8. The summed E-state index contributed by atoms with van der Waals surface area (Å²) >= 11 is 0. The number of benzene rings is 1. The van der Waals surface area contributed by atoms with Crippen molar-refractivity contribution in [2.75, 3.05) is 47.5 Å². The van der Waals surface area contributed by atoms with Crippen LogP contribution in [-0.4, -0.2) is 85.5 Å². The number of hydrogen-bond donors (Lipinski definition) is 2. The Bertz CT molecular complexity index is 644. The fraction of sp³-hybridized carbons (Fsp3) is 0.579. The second-order valence-corrected chi connectivity index (χ2v) is 6.51. The van der Waals surface area contributed by atoms with Crippen LogP contribution in [0.25, 0.3) is 0 Å². The van der Waals surface area contributed by atoms with Gasteiger partial charge in [-0.25, -0.2) is 9.59 Å². The number of carboxylic acid groups (broad SMARTS) is 2. The molecule has 0 spiro atoms. The highest BCUT2D eigenvalue weighted by Gasteiger charge is 2.22. The number of hydrogen-bond acceptors (Lipinski definition) is 7. The van der Waals surface area contributed by atoms with Crippen LogP contribution in [0.2, 0.25) is 0 Å². The summed E-state index contributed by atoms with van der Waals surface area (Å²) in [6, 6.07) is 4.63. The van der Waals surface area contributed by atoms with Crippen LogP contribution >= 0.6 is 0 Å². The summed E-state index contributed by atoms with van der Waals surface area (Å²) in [4.78, 5) is 23.2. The summed E-state index contributed by atoms with van der Waals surface area (Å²) < 4.78 is 16.4. The molecule has 1 aromatic rings. The molecule has 0 atom stereocenters. The monoisotopic (exact) mass is 398 g/mol. The number of nitrogens with zero attached hydrogens (tertiary/aromatic N) is 2. The number of aliphatic carboxylic acids is 2. The zero-order valence-corrected chi connectivity index (χ0v) is 17.1. The Morgan fingerprint density at radius 2 is 1.46 bits per heavy atom. The van der Waals surface area contributed by atoms with Gasteiger partial charge >= 0.3 is 11.9 Å². The average Bonchev–Trinajstić information content (AvgIpc) is 2.68. The maximum absolute atomic E-state index is 9.10. The van der Waals surface area contributed by atoms with Gasteiger partial charge in [-0.1, -0.05) is 6.07 Å². The van der Waals surface area contributed by atoms with Gasteiger partial charge in [0.2, 0.25) is 5.75 Å². The van der Waals surface area contributed by atoms with E-state index in [1.54, 1.807) is 21.3 Å². The van der Waals surface area contributed by atoms with Crippen LogP contribution in [0.3, 0.4) is 0 Å². The topological polar surface area (TPSA) is 109 Å². The molecule has 158 valence electrons. The highest BCUT2D eigenvalue weighted by Crippen LogP contribution is 2.40. The van der Waals surface area contributed by atoms with E-state index in [4.69, 9.17) is 34.0 Å². The molecule has 1 saturated heterocycles. The normalized spacial score (nSPS) is 14.8. The van der Waals surface area contributed by atoms with E-state index in [0.29, 0.717) is 17.5 Å². The minimum Gasteiger partial charge on any atom is -0.493 e. The van der Waals surface area contributed by atoms with Gasteiger partial charge in [-0.15, -0.1) is 0 Å². The second kappa shape index (κ2) is 11.4. The molecule has 1 heterocycles. The smallest absolute Gasteiger partial charge is 0.414 e. The average molecular weight is 398 g/mol. The van der Waals surface area contributed by atoms with Crippen molar-refractivity contribution in [2.45, 2.75) is 26.4 Å². The summed E-state index contributed by atoms with van der Waals surface area (Å²) in [6.07, 6.45) is 0. The van der Waals surface area contributed by atoms with Gasteiger partial charge in [0.1, 0.15) is 0 Å². The van der Waals surface area contributed by atoms with Gasteiger partial charge in [-0.05, 0) is 19.9 Å². The largest absolute Gasteiger partial charge is 0.493 e. The lowest BCUT2D eigenvalue weighted by Crippen LogP contribution is -2.48. The number of carboxylic acids is 2. The lowest BCUT2D eigenvalue weighted by atomic mass is 10.1. The third kappa shape index (κ3) is 6.58. The van der Waals surface area contributed by atoms with Crippen LogP contribution in [0, 0.1) is 0 Å². The molecule has 0 radical (unpaired) electrons. The van der Waals surface area contributed by atoms with Crippen molar-refractivity contribution in [1.29, 1.82) is 0 Å². The first-order valence-electron chi connectivity index (χ1n) is 8.95. The zero-order chi connectivity index (χ0) is 21.3. The second-order valence-electron chi connectivity index (χ2n) is 6.51. The van der Waals surface area contributed by atoms with E-state index < -0.39 is 11.9 Å². The minimum absolute atomic E-state index is 0.623. The molecule has 0 aliphatic carbocycles. The number of ether oxygens (including phenoxy) is 3. The summed E-state index contributed by atoms with van der Waals surface area (Å²) in [5.41, 5.74) is 1.14. The first-order chi connectivity index (χ1) is 13.2. The number of rotatable bonds is 6. The Kier molecular flexibility index (Phi) is 9.54. The number of methoxy groups -OCH3 is 3. The molecule has 0 aromatic heterocycles. The highest BCUT2D eigenvalue weighted by atomic mass is 16.5. The fourth-order valence-corrected chi connectivity index (χ4v) is 2.97. The molecule has 2 rings (SSSR count). The van der Waals surface area contributed by atoms with Gasteiger partial charge in [-0.3, -0.25) is 9.80 Å². The highest BCUT2D eigenvalue weighted by molar-refractivity contribution is 6.27. The third-order valence-electron chi connectivity index (χ3n) is 4.50. The lowest BCUT2D eigenvalue weighted by molar-refractivity contribution is -0.159. The molecular weight excluding hydrogens is 368 g/mol. The van der Waals surface area contributed by atoms with Crippen LogP contribution in [-0.2, 0) is 16.1 Å². The van der Waals surface area contributed by atoms with Gasteiger partial charge in [0, 0.05) is 44.3 Å². The van der Waals surface area contributed by atoms with Gasteiger partial charge < -0.3 is 24.4 Å². The van der Waals surface area contributed by atoms with Crippen molar-refractivity contribution >= 4 is 11.9 Å². The van der Waals surface area contributed by atoms with Gasteiger partial charge in [-0.2, -0.15) is 0 Å². The van der Waals surface area contributed by atoms with Crippen molar-refractivity contribution in [2.24, 2.45) is 0 Å². The predicted molar refractivity (Wildman–Crippen MR) is 103 cm³/mol. The van der Waals surface area contributed by atoms with E-state index in [1.807, 2.05) is 6.07 Å². The first kappa shape index (κ1) is 23.5. The molecule has 0 saturated carbocycles. The van der Waals surface area contributed by atoms with Crippen LogP contribution in [0.1, 0.15) is 19.4 Å². The molecule has 0 bridgehead atoms. The van der Waals surface area contributed by atoms with Crippen LogP contribution in [0.5, 0.6) is 17.2 Å². The molecule has 9 heteroatoms. The van der Waals surface area contributed by atoms with Crippen molar-refractivity contribution in [3.63, 3.8) is 0 Å². The molecule has 9 nitrogen and oxygen atoms in total. The quantitative estimate of drug-likeness (QED) is 0.687. The van der Waals surface area contributed by atoms with Crippen molar-refractivity contribution in [3.05, 3.63) is 17.7 Å². The van der Waals surface area contributed by atoms with Crippen LogP contribution in [0.4, 0.5) is 0 Å². The molecule has 1 aliphatic rings. The molecular formula is C19H30N2O7. The first-order valence-corrected chi connectivity index (χ1v) is 8.95. The Morgan fingerprint density at radius 3 is 1.86 bits per heavy atom. The Hall–Kier alpha value is -2.52. The minimum atomic E-state index is -1.82. The van der Waals surface area contributed by atoms with Gasteiger partial charge in [0.15, 0.2) is 11.5 Å². The van der Waals surface area contributed by atoms with Crippen molar-refractivity contribution in [1.82, 2.24) is 9.80 Å². The molecule has 1 fully saturated rings. The zero-order valence-electron chi connectivity index (χ0n) is 17.1. The SMILES string of the molecule is COc1ccc(CN2CCN(C(C)C)CC2)c(OC)c1OC.O=C(O)C(=O)O. The summed E-state index contributed by atoms with van der Waals surface area (Å²) in [5.74, 6) is -1.51. The van der Waals surface area contributed by atoms with Crippen LogP contribution in [0.15, 0.2) is 12.1 Å². The molecule has 0 amide bonds. The number of carbonyl (C=O) groups is 2. The lowest BCUT2D eigenvalue weighted by Gasteiger charge is -2.37. The fourth-order valence-electron chi connectivity index (χ4n) is 2.97. The van der Waals surface area contributed by atoms with E-state index in [-0.39, 0.29) is 0 Å². The standard InChI is InChI=1S/C17H28N2O3.C2H2O4/c1-13(2)19-10-8-18(9-11-19)12-14-6-7-15(20-3)17(22-5)16(14)21-4;3-1(4)2(5)6/h6-7,13H,8-12H2,1-5H3;(H,3,4)(H,5,6). The molecule has 1 aromatic carbocycles. The van der Waals surface area contributed by atoms with Crippen molar-refractivity contribution in [3.8, 4) is 17.2 Å². The summed E-state index contributed by atoms with van der Waals surface area (Å²) in [7, 11) is 4.96. The van der Waals surface area contributed by atoms with E-state index >= 15 is 0 Å². The Balaban J connectivity index is 0.000000568. The third-order valence-corrected chi connectivity index (χ3v) is 4.50. The van der Waals surface area contributed by atoms with Gasteiger partial charge in [0.05, 0.1) is 21.3 Å². The molecule has 1 aliphatic heterocycles.